The van der Waals surface area contributed by atoms with Crippen LogP contribution in [0.1, 0.15) is 33.9 Å². The van der Waals surface area contributed by atoms with E-state index < -0.39 is 17.7 Å². The van der Waals surface area contributed by atoms with E-state index in [2.05, 4.69) is 10.2 Å². The number of nitrogens with zero attached hydrogens (tertiary/aromatic N) is 3. The first-order chi connectivity index (χ1) is 24.8. The summed E-state index contributed by atoms with van der Waals surface area (Å²) < 4.78 is 26.8. The summed E-state index contributed by atoms with van der Waals surface area (Å²) in [5.41, 5.74) is 3.38. The largest absolute Gasteiger partial charge is 0.507 e. The van der Waals surface area contributed by atoms with Crippen LogP contribution in [0.25, 0.3) is 5.76 Å². The average molecular weight is 716 g/mol. The highest BCUT2D eigenvalue weighted by Gasteiger charge is 2.48. The molecule has 1 atom stereocenters. The maximum absolute atomic E-state index is 14.3. The number of ether oxygens (including phenoxy) is 2. The molecule has 0 saturated carbocycles. The number of hydrogen-bond acceptors (Lipinski definition) is 9. The van der Waals surface area contributed by atoms with Crippen LogP contribution in [0.2, 0.25) is 0 Å². The number of ketones is 1. The van der Waals surface area contributed by atoms with E-state index in [-0.39, 0.29) is 22.3 Å². The Labute approximate surface area is 301 Å². The van der Waals surface area contributed by atoms with Gasteiger partial charge in [-0.15, -0.1) is 10.2 Å². The van der Waals surface area contributed by atoms with Gasteiger partial charge in [-0.05, 0) is 78.2 Å². The molecule has 6 aromatic rings. The van der Waals surface area contributed by atoms with E-state index in [1.807, 2.05) is 61.5 Å². The monoisotopic (exact) mass is 715 g/mol. The molecule has 5 aromatic carbocycles. The van der Waals surface area contributed by atoms with Crippen molar-refractivity contribution < 1.29 is 28.6 Å². The Bertz CT molecular complexity index is 2240. The van der Waals surface area contributed by atoms with Crippen molar-refractivity contribution in [2.45, 2.75) is 29.7 Å². The van der Waals surface area contributed by atoms with Gasteiger partial charge in [0.1, 0.15) is 35.4 Å². The molecule has 7 rings (SSSR count). The maximum Gasteiger partial charge on any atom is 0.301 e. The quantitative estimate of drug-likeness (QED) is 0.0466. The number of aliphatic hydroxyl groups is 1. The molecule has 0 radical (unpaired) electrons. The van der Waals surface area contributed by atoms with Crippen LogP contribution in [0.15, 0.2) is 137 Å². The standard InChI is InChI=1S/C40H30FN3O5S2/c1-25-9-7-10-26(21-25)23-48-30-19-17-27(18-20-30)36(45)34-35(28-12-8-15-32(22-28)49-31-13-3-2-4-14-31)44(38(47)37(34)46)39-42-43-40(51-39)50-24-29-11-5-6-16-33(29)41/h2-22,35,45H,23-24H2,1H3/b36-34+. The van der Waals surface area contributed by atoms with Crippen molar-refractivity contribution in [3.8, 4) is 17.2 Å². The highest BCUT2D eigenvalue weighted by molar-refractivity contribution is 8.00. The lowest BCUT2D eigenvalue weighted by Crippen LogP contribution is -2.29. The smallest absolute Gasteiger partial charge is 0.301 e. The fourth-order valence-corrected chi connectivity index (χ4v) is 7.52. The fraction of sp³-hybridized carbons (Fsp3) is 0.100. The third-order valence-electron chi connectivity index (χ3n) is 8.12. The predicted octanol–water partition coefficient (Wildman–Crippen LogP) is 9.28. The molecule has 11 heteroatoms. The van der Waals surface area contributed by atoms with Gasteiger partial charge in [0.25, 0.3) is 5.78 Å². The van der Waals surface area contributed by atoms with Gasteiger partial charge in [0.15, 0.2) is 4.34 Å². The zero-order valence-corrected chi connectivity index (χ0v) is 28.9. The molecule has 0 spiro atoms. The Morgan fingerprint density at radius 1 is 0.843 bits per heavy atom. The van der Waals surface area contributed by atoms with Gasteiger partial charge >= 0.3 is 5.91 Å². The zero-order valence-electron chi connectivity index (χ0n) is 27.2. The SMILES string of the molecule is Cc1cccc(COc2ccc(/C(O)=C3\C(=O)C(=O)N(c4nnc(SCc5ccccc5F)s4)C3c3cccc(Oc4ccccc4)c3)cc2)c1. The van der Waals surface area contributed by atoms with Gasteiger partial charge in [-0.25, -0.2) is 4.39 Å². The van der Waals surface area contributed by atoms with Crippen molar-refractivity contribution in [2.75, 3.05) is 4.90 Å². The second kappa shape index (κ2) is 15.0. The van der Waals surface area contributed by atoms with Crippen LogP contribution in [0.5, 0.6) is 17.2 Å². The summed E-state index contributed by atoms with van der Waals surface area (Å²) >= 11 is 2.37. The number of halogens is 1. The molecule has 2 heterocycles. The van der Waals surface area contributed by atoms with Crippen LogP contribution < -0.4 is 14.4 Å². The normalized spacial score (nSPS) is 15.3. The summed E-state index contributed by atoms with van der Waals surface area (Å²) in [6, 6.07) is 36.3. The van der Waals surface area contributed by atoms with Gasteiger partial charge in [0.2, 0.25) is 5.13 Å². The van der Waals surface area contributed by atoms with Gasteiger partial charge < -0.3 is 14.6 Å². The molecule has 1 N–H and O–H groups in total. The van der Waals surface area contributed by atoms with Crippen molar-refractivity contribution in [1.82, 2.24) is 10.2 Å². The first kappa shape index (κ1) is 33.7. The van der Waals surface area contributed by atoms with E-state index in [0.29, 0.717) is 50.6 Å². The minimum Gasteiger partial charge on any atom is -0.507 e. The molecule has 1 aliphatic rings. The molecule has 51 heavy (non-hydrogen) atoms. The number of aromatic nitrogens is 2. The number of thioether (sulfide) groups is 1. The lowest BCUT2D eigenvalue weighted by molar-refractivity contribution is -0.132. The van der Waals surface area contributed by atoms with Gasteiger partial charge in [-0.3, -0.25) is 14.5 Å². The van der Waals surface area contributed by atoms with Gasteiger partial charge in [0, 0.05) is 11.3 Å². The summed E-state index contributed by atoms with van der Waals surface area (Å²) in [6.45, 7) is 2.38. The average Bonchev–Trinajstić information content (AvgIpc) is 3.72. The maximum atomic E-state index is 14.3. The Morgan fingerprint density at radius 2 is 1.59 bits per heavy atom. The number of carbonyl (C=O) groups is 2. The Hall–Kier alpha value is -5.78. The number of aliphatic hydroxyl groups excluding tert-OH is 1. The molecular weight excluding hydrogens is 686 g/mol. The number of anilines is 1. The topological polar surface area (TPSA) is 102 Å². The summed E-state index contributed by atoms with van der Waals surface area (Å²) in [5, 5.41) is 20.4. The van der Waals surface area contributed by atoms with E-state index in [0.717, 1.165) is 22.5 Å². The highest BCUT2D eigenvalue weighted by Crippen LogP contribution is 2.45. The van der Waals surface area contributed by atoms with Crippen molar-refractivity contribution in [3.05, 3.63) is 167 Å². The number of hydrogen-bond donors (Lipinski definition) is 1. The van der Waals surface area contributed by atoms with E-state index >= 15 is 0 Å². The molecule has 0 aliphatic carbocycles. The van der Waals surface area contributed by atoms with E-state index in [9.17, 15) is 19.1 Å². The van der Waals surface area contributed by atoms with Gasteiger partial charge in [0.05, 0.1) is 11.6 Å². The summed E-state index contributed by atoms with van der Waals surface area (Å²) in [4.78, 5) is 28.9. The van der Waals surface area contributed by atoms with Crippen molar-refractivity contribution in [1.29, 1.82) is 0 Å². The highest BCUT2D eigenvalue weighted by atomic mass is 32.2. The number of carbonyl (C=O) groups excluding carboxylic acids is 2. The zero-order chi connectivity index (χ0) is 35.3. The molecule has 1 aliphatic heterocycles. The number of amides is 1. The number of para-hydroxylation sites is 1. The predicted molar refractivity (Wildman–Crippen MR) is 196 cm³/mol. The first-order valence-electron chi connectivity index (χ1n) is 16.0. The Balaban J connectivity index is 1.22. The van der Waals surface area contributed by atoms with Crippen LogP contribution in [0.3, 0.4) is 0 Å². The molecule has 1 fully saturated rings. The summed E-state index contributed by atoms with van der Waals surface area (Å²) in [7, 11) is 0. The van der Waals surface area contributed by atoms with Crippen molar-refractivity contribution in [3.63, 3.8) is 0 Å². The minimum absolute atomic E-state index is 0.110. The van der Waals surface area contributed by atoms with Crippen LogP contribution in [0.4, 0.5) is 9.52 Å². The summed E-state index contributed by atoms with van der Waals surface area (Å²) in [6.07, 6.45) is 0. The Morgan fingerprint density at radius 3 is 2.37 bits per heavy atom. The minimum atomic E-state index is -1.06. The number of benzene rings is 5. The Kier molecular flexibility index (Phi) is 9.91. The second-order valence-electron chi connectivity index (χ2n) is 11.7. The molecule has 1 unspecified atom stereocenters. The van der Waals surface area contributed by atoms with E-state index in [1.54, 1.807) is 66.7 Å². The second-order valence-corrected chi connectivity index (χ2v) is 13.9. The lowest BCUT2D eigenvalue weighted by atomic mass is 9.95. The molecule has 254 valence electrons. The third-order valence-corrected chi connectivity index (χ3v) is 10.2. The molecule has 1 saturated heterocycles. The molecule has 8 nitrogen and oxygen atoms in total. The van der Waals surface area contributed by atoms with Gasteiger partial charge in [-0.2, -0.15) is 0 Å². The summed E-state index contributed by atoms with van der Waals surface area (Å²) in [5.74, 6) is -0.467. The first-order valence-corrected chi connectivity index (χ1v) is 17.8. The van der Waals surface area contributed by atoms with Crippen LogP contribution in [-0.4, -0.2) is 27.0 Å². The number of rotatable bonds is 11. The van der Waals surface area contributed by atoms with Crippen LogP contribution in [-0.2, 0) is 21.9 Å². The molecular formula is C40H30FN3O5S2. The fourth-order valence-electron chi connectivity index (χ4n) is 5.66. The van der Waals surface area contributed by atoms with Crippen molar-refractivity contribution in [2.24, 2.45) is 0 Å². The molecule has 1 amide bonds. The van der Waals surface area contributed by atoms with Crippen molar-refractivity contribution >= 4 is 45.7 Å². The molecule has 1 aromatic heterocycles. The molecule has 0 bridgehead atoms. The number of aryl methyl sites for hydroxylation is 1. The van der Waals surface area contributed by atoms with E-state index in [4.69, 9.17) is 9.47 Å². The number of Topliss-reactive ketones (excluding diaryl/α,β-unsaturated/α-hetero) is 1. The lowest BCUT2D eigenvalue weighted by Gasteiger charge is -2.23. The van der Waals surface area contributed by atoms with Crippen LogP contribution in [0, 0.1) is 12.7 Å². The van der Waals surface area contributed by atoms with Crippen LogP contribution >= 0.6 is 23.1 Å². The van der Waals surface area contributed by atoms with Gasteiger partial charge in [-0.1, -0.05) is 101 Å². The van der Waals surface area contributed by atoms with E-state index in [1.165, 1.54) is 22.7 Å². The third kappa shape index (κ3) is 7.54.